The van der Waals surface area contributed by atoms with Gasteiger partial charge in [-0.25, -0.2) is 0 Å². The zero-order valence-electron chi connectivity index (χ0n) is 12.4. The Morgan fingerprint density at radius 3 is 2.38 bits per heavy atom. The van der Waals surface area contributed by atoms with Crippen molar-refractivity contribution < 1.29 is 0 Å². The van der Waals surface area contributed by atoms with Gasteiger partial charge in [0.1, 0.15) is 0 Å². The molecule has 2 aromatic rings. The standard InChI is InChI=1S/C16H21Br2N3/c1-3-14-16(18)15(21(2)20-14)9-12(10-19)8-11-4-6-13(17)7-5-11/h4-7,12H,3,8-10,19H2,1-2H3. The summed E-state index contributed by atoms with van der Waals surface area (Å²) in [5, 5.41) is 4.56. The molecule has 0 aliphatic heterocycles. The van der Waals surface area contributed by atoms with Crippen molar-refractivity contribution >= 4 is 31.9 Å². The second kappa shape index (κ2) is 7.56. The van der Waals surface area contributed by atoms with Gasteiger partial charge in [0, 0.05) is 11.5 Å². The van der Waals surface area contributed by atoms with E-state index >= 15 is 0 Å². The number of nitrogens with zero attached hydrogens (tertiary/aromatic N) is 2. The van der Waals surface area contributed by atoms with Crippen LogP contribution in [0.25, 0.3) is 0 Å². The zero-order chi connectivity index (χ0) is 15.4. The molecule has 0 radical (unpaired) electrons. The van der Waals surface area contributed by atoms with Gasteiger partial charge < -0.3 is 5.73 Å². The Bertz CT molecular complexity index is 590. The summed E-state index contributed by atoms with van der Waals surface area (Å²) >= 11 is 7.15. The maximum absolute atomic E-state index is 5.98. The number of hydrogen-bond donors (Lipinski definition) is 1. The average Bonchev–Trinajstić information content (AvgIpc) is 2.75. The normalized spacial score (nSPS) is 12.6. The molecule has 0 saturated carbocycles. The Kier molecular flexibility index (Phi) is 6.02. The zero-order valence-corrected chi connectivity index (χ0v) is 15.6. The van der Waals surface area contributed by atoms with Crippen molar-refractivity contribution in [1.29, 1.82) is 0 Å². The number of halogens is 2. The van der Waals surface area contributed by atoms with Gasteiger partial charge in [0.25, 0.3) is 0 Å². The second-order valence-electron chi connectivity index (χ2n) is 5.32. The Balaban J connectivity index is 2.12. The van der Waals surface area contributed by atoms with Gasteiger partial charge in [0.05, 0.1) is 15.9 Å². The molecule has 1 atom stereocenters. The summed E-state index contributed by atoms with van der Waals surface area (Å²) < 4.78 is 4.23. The Labute approximate surface area is 143 Å². The highest BCUT2D eigenvalue weighted by Crippen LogP contribution is 2.25. The van der Waals surface area contributed by atoms with E-state index in [0.717, 1.165) is 33.9 Å². The first kappa shape index (κ1) is 16.7. The molecule has 0 aliphatic rings. The van der Waals surface area contributed by atoms with Crippen molar-refractivity contribution in [1.82, 2.24) is 9.78 Å². The third-order valence-electron chi connectivity index (χ3n) is 3.76. The van der Waals surface area contributed by atoms with Gasteiger partial charge in [0.2, 0.25) is 0 Å². The minimum absolute atomic E-state index is 0.419. The fraction of sp³-hybridized carbons (Fsp3) is 0.438. The van der Waals surface area contributed by atoms with E-state index in [4.69, 9.17) is 5.73 Å². The molecule has 5 heteroatoms. The lowest BCUT2D eigenvalue weighted by Gasteiger charge is -2.15. The number of rotatable bonds is 6. The van der Waals surface area contributed by atoms with Gasteiger partial charge in [-0.1, -0.05) is 35.0 Å². The van der Waals surface area contributed by atoms with Gasteiger partial charge in [-0.3, -0.25) is 4.68 Å². The lowest BCUT2D eigenvalue weighted by atomic mass is 9.94. The van der Waals surface area contributed by atoms with Gasteiger partial charge in [-0.05, 0) is 65.4 Å². The first-order chi connectivity index (χ1) is 10.0. The van der Waals surface area contributed by atoms with Crippen molar-refractivity contribution in [3.05, 3.63) is 50.2 Å². The lowest BCUT2D eigenvalue weighted by Crippen LogP contribution is -2.20. The minimum atomic E-state index is 0.419. The van der Waals surface area contributed by atoms with Crippen LogP contribution in [0.15, 0.2) is 33.2 Å². The molecule has 2 rings (SSSR count). The van der Waals surface area contributed by atoms with Crippen LogP contribution < -0.4 is 5.73 Å². The number of benzene rings is 1. The molecule has 0 bridgehead atoms. The molecule has 0 saturated heterocycles. The number of aryl methyl sites for hydroxylation is 2. The van der Waals surface area contributed by atoms with Crippen molar-refractivity contribution in [2.75, 3.05) is 6.54 Å². The molecule has 2 N–H and O–H groups in total. The fourth-order valence-corrected chi connectivity index (χ4v) is 3.55. The molecule has 1 heterocycles. The largest absolute Gasteiger partial charge is 0.330 e. The molecular formula is C16H21Br2N3. The first-order valence-electron chi connectivity index (χ1n) is 7.19. The highest BCUT2D eigenvalue weighted by molar-refractivity contribution is 9.10. The van der Waals surface area contributed by atoms with Gasteiger partial charge in [-0.2, -0.15) is 5.10 Å². The number of aromatic nitrogens is 2. The predicted octanol–water partition coefficient (Wildman–Crippen LogP) is 3.87. The van der Waals surface area contributed by atoms with Crippen LogP contribution in [0.4, 0.5) is 0 Å². The molecular weight excluding hydrogens is 394 g/mol. The molecule has 1 aromatic heterocycles. The predicted molar refractivity (Wildman–Crippen MR) is 94.4 cm³/mol. The maximum Gasteiger partial charge on any atom is 0.0766 e. The van der Waals surface area contributed by atoms with E-state index in [1.165, 1.54) is 11.3 Å². The van der Waals surface area contributed by atoms with E-state index in [1.807, 2.05) is 11.7 Å². The van der Waals surface area contributed by atoms with Gasteiger partial charge in [-0.15, -0.1) is 0 Å². The topological polar surface area (TPSA) is 43.8 Å². The van der Waals surface area contributed by atoms with Crippen molar-refractivity contribution in [2.45, 2.75) is 26.2 Å². The van der Waals surface area contributed by atoms with E-state index in [-0.39, 0.29) is 0 Å². The van der Waals surface area contributed by atoms with Crippen LogP contribution in [-0.4, -0.2) is 16.3 Å². The molecule has 1 unspecified atom stereocenters. The molecule has 0 aliphatic carbocycles. The summed E-state index contributed by atoms with van der Waals surface area (Å²) in [6.07, 6.45) is 2.87. The summed E-state index contributed by atoms with van der Waals surface area (Å²) in [6, 6.07) is 8.47. The van der Waals surface area contributed by atoms with Crippen molar-refractivity contribution in [2.24, 2.45) is 18.7 Å². The molecule has 0 amide bonds. The lowest BCUT2D eigenvalue weighted by molar-refractivity contribution is 0.509. The summed E-state index contributed by atoms with van der Waals surface area (Å²) in [7, 11) is 2.01. The molecule has 0 spiro atoms. The summed E-state index contributed by atoms with van der Waals surface area (Å²) in [6.45, 7) is 2.80. The van der Waals surface area contributed by atoms with Gasteiger partial charge in [0.15, 0.2) is 0 Å². The van der Waals surface area contributed by atoms with Crippen LogP contribution >= 0.6 is 31.9 Å². The molecule has 0 fully saturated rings. The number of hydrogen-bond acceptors (Lipinski definition) is 2. The summed E-state index contributed by atoms with van der Waals surface area (Å²) in [5.74, 6) is 0.419. The molecule has 114 valence electrons. The Hall–Kier alpha value is -0.650. The van der Waals surface area contributed by atoms with E-state index < -0.39 is 0 Å². The minimum Gasteiger partial charge on any atom is -0.330 e. The third-order valence-corrected chi connectivity index (χ3v) is 5.20. The van der Waals surface area contributed by atoms with Crippen molar-refractivity contribution in [3.8, 4) is 0 Å². The highest BCUT2D eigenvalue weighted by Gasteiger charge is 2.17. The van der Waals surface area contributed by atoms with E-state index in [2.05, 4.69) is 68.1 Å². The smallest absolute Gasteiger partial charge is 0.0766 e. The van der Waals surface area contributed by atoms with Crippen molar-refractivity contribution in [3.63, 3.8) is 0 Å². The number of nitrogens with two attached hydrogens (primary N) is 1. The van der Waals surface area contributed by atoms with Crippen LogP contribution in [0, 0.1) is 5.92 Å². The summed E-state index contributed by atoms with van der Waals surface area (Å²) in [4.78, 5) is 0. The van der Waals surface area contributed by atoms with Crippen LogP contribution in [0.3, 0.4) is 0 Å². The van der Waals surface area contributed by atoms with E-state index in [0.29, 0.717) is 12.5 Å². The monoisotopic (exact) mass is 413 g/mol. The Morgan fingerprint density at radius 1 is 1.19 bits per heavy atom. The SMILES string of the molecule is CCc1nn(C)c(CC(CN)Cc2ccc(Br)cc2)c1Br. The van der Waals surface area contributed by atoms with Gasteiger partial charge >= 0.3 is 0 Å². The quantitative estimate of drug-likeness (QED) is 0.779. The molecule has 21 heavy (non-hydrogen) atoms. The molecule has 3 nitrogen and oxygen atoms in total. The highest BCUT2D eigenvalue weighted by atomic mass is 79.9. The fourth-order valence-electron chi connectivity index (χ4n) is 2.51. The summed E-state index contributed by atoms with van der Waals surface area (Å²) in [5.41, 5.74) is 9.66. The van der Waals surface area contributed by atoms with E-state index in [1.54, 1.807) is 0 Å². The van der Waals surface area contributed by atoms with E-state index in [9.17, 15) is 0 Å². The van der Waals surface area contributed by atoms with Crippen LogP contribution in [0.1, 0.15) is 23.9 Å². The molecule has 1 aromatic carbocycles. The van der Waals surface area contributed by atoms with Crippen LogP contribution in [0.2, 0.25) is 0 Å². The first-order valence-corrected chi connectivity index (χ1v) is 8.78. The third kappa shape index (κ3) is 4.18. The average molecular weight is 415 g/mol. The van der Waals surface area contributed by atoms with Crippen LogP contribution in [0.5, 0.6) is 0 Å². The maximum atomic E-state index is 5.98. The van der Waals surface area contributed by atoms with Crippen LogP contribution in [-0.2, 0) is 26.3 Å². The Morgan fingerprint density at radius 2 is 1.86 bits per heavy atom. The second-order valence-corrected chi connectivity index (χ2v) is 7.03.